The highest BCUT2D eigenvalue weighted by molar-refractivity contribution is 5.52. The first-order valence-electron chi connectivity index (χ1n) is 13.3. The number of fused-ring (bicyclic) bond motifs is 1. The van der Waals surface area contributed by atoms with E-state index in [9.17, 15) is 20.4 Å². The smallest absolute Gasteiger partial charge is 0.157 e. The van der Waals surface area contributed by atoms with Crippen LogP contribution in [0.3, 0.4) is 0 Å². The Bertz CT molecular complexity index is 912. The lowest BCUT2D eigenvalue weighted by atomic mass is 9.93. The van der Waals surface area contributed by atoms with E-state index < -0.39 is 6.10 Å². The summed E-state index contributed by atoms with van der Waals surface area (Å²) in [6.07, 6.45) is 14.9. The lowest BCUT2D eigenvalue weighted by Gasteiger charge is -2.34. The molecule has 6 heteroatoms. The molecule has 1 aliphatic rings. The lowest BCUT2D eigenvalue weighted by Crippen LogP contribution is -2.33. The van der Waals surface area contributed by atoms with Crippen LogP contribution in [-0.2, 0) is 11.2 Å². The van der Waals surface area contributed by atoms with Gasteiger partial charge in [-0.05, 0) is 24.1 Å². The van der Waals surface area contributed by atoms with Crippen molar-refractivity contribution in [3.8, 4) is 28.7 Å². The molecule has 0 aromatic heterocycles. The lowest BCUT2D eigenvalue weighted by molar-refractivity contribution is -0.0393. The molecule has 0 fully saturated rings. The summed E-state index contributed by atoms with van der Waals surface area (Å²) >= 11 is 0. The van der Waals surface area contributed by atoms with Crippen LogP contribution >= 0.6 is 0 Å². The zero-order chi connectivity index (χ0) is 25.0. The van der Waals surface area contributed by atoms with E-state index in [1.165, 1.54) is 88.5 Å². The van der Waals surface area contributed by atoms with Crippen molar-refractivity contribution in [2.75, 3.05) is 6.61 Å². The van der Waals surface area contributed by atoms with Gasteiger partial charge in [-0.2, -0.15) is 0 Å². The topological polar surface area (TPSA) is 99.4 Å². The minimum Gasteiger partial charge on any atom is -0.508 e. The van der Waals surface area contributed by atoms with Crippen molar-refractivity contribution < 1.29 is 29.9 Å². The van der Waals surface area contributed by atoms with E-state index in [1.807, 2.05) is 0 Å². The SMILES string of the molecule is CCCCCCCCCCCCCCO[C@H]1Cc2c(O)cc(O)cc2O[C@@H]1c1ccc(O)c(O)c1. The third kappa shape index (κ3) is 8.24. The molecule has 1 aliphatic heterocycles. The molecule has 1 heterocycles. The van der Waals surface area contributed by atoms with Crippen molar-refractivity contribution in [1.29, 1.82) is 0 Å². The summed E-state index contributed by atoms with van der Waals surface area (Å²) in [5.74, 6) is -0.134. The molecule has 0 saturated heterocycles. The van der Waals surface area contributed by atoms with Crippen LogP contribution in [-0.4, -0.2) is 33.1 Å². The molecular formula is C29H42O6. The number of ether oxygens (including phenoxy) is 2. The molecule has 6 nitrogen and oxygen atoms in total. The first kappa shape index (κ1) is 27.0. The highest BCUT2D eigenvalue weighted by Gasteiger charge is 2.34. The standard InChI is InChI=1S/C29H42O6/c1-2-3-4-5-6-7-8-9-10-11-12-13-16-34-28-20-23-25(32)18-22(30)19-27(23)35-29(28)21-14-15-24(31)26(33)17-21/h14-15,17-19,28-33H,2-13,16,20H2,1H3/t28-,29+/m0/s1. The highest BCUT2D eigenvalue weighted by atomic mass is 16.5. The summed E-state index contributed by atoms with van der Waals surface area (Å²) in [6, 6.07) is 7.36. The fourth-order valence-electron chi connectivity index (χ4n) is 4.77. The number of hydrogen-bond acceptors (Lipinski definition) is 6. The van der Waals surface area contributed by atoms with Crippen molar-refractivity contribution in [3.63, 3.8) is 0 Å². The summed E-state index contributed by atoms with van der Waals surface area (Å²) in [4.78, 5) is 0. The number of phenolic OH excluding ortho intramolecular Hbond substituents is 4. The summed E-state index contributed by atoms with van der Waals surface area (Å²) in [6.45, 7) is 2.84. The van der Waals surface area contributed by atoms with Gasteiger partial charge in [-0.25, -0.2) is 0 Å². The van der Waals surface area contributed by atoms with Gasteiger partial charge in [-0.3, -0.25) is 0 Å². The van der Waals surface area contributed by atoms with Crippen LogP contribution in [0.15, 0.2) is 30.3 Å². The van der Waals surface area contributed by atoms with Crippen LogP contribution in [0, 0.1) is 0 Å². The minimum absolute atomic E-state index is 0.0223. The fourth-order valence-corrected chi connectivity index (χ4v) is 4.77. The third-order valence-electron chi connectivity index (χ3n) is 6.82. The quantitative estimate of drug-likeness (QED) is 0.156. The Hall–Kier alpha value is -2.60. The van der Waals surface area contributed by atoms with Crippen LogP contribution in [0.5, 0.6) is 28.7 Å². The van der Waals surface area contributed by atoms with Gasteiger partial charge in [0.05, 0.1) is 0 Å². The Morgan fingerprint density at radius 2 is 1.37 bits per heavy atom. The van der Waals surface area contributed by atoms with Gasteiger partial charge in [-0.15, -0.1) is 0 Å². The maximum Gasteiger partial charge on any atom is 0.157 e. The summed E-state index contributed by atoms with van der Waals surface area (Å²) in [5, 5.41) is 39.8. The van der Waals surface area contributed by atoms with Gasteiger partial charge < -0.3 is 29.9 Å². The molecular weight excluding hydrogens is 444 g/mol. The van der Waals surface area contributed by atoms with Crippen molar-refractivity contribution in [2.45, 2.75) is 103 Å². The second-order valence-electron chi connectivity index (χ2n) is 9.73. The molecule has 0 saturated carbocycles. The molecule has 0 unspecified atom stereocenters. The van der Waals surface area contributed by atoms with Gasteiger partial charge in [0.25, 0.3) is 0 Å². The number of phenols is 4. The van der Waals surface area contributed by atoms with Gasteiger partial charge in [0.1, 0.15) is 23.4 Å². The Balaban J connectivity index is 1.45. The maximum absolute atomic E-state index is 10.3. The fraction of sp³-hybridized carbons (Fsp3) is 0.586. The minimum atomic E-state index is -0.535. The normalized spacial score (nSPS) is 17.2. The Morgan fingerprint density at radius 3 is 2.00 bits per heavy atom. The molecule has 0 amide bonds. The predicted octanol–water partition coefficient (Wildman–Crippen LogP) is 7.27. The van der Waals surface area contributed by atoms with Gasteiger partial charge >= 0.3 is 0 Å². The second-order valence-corrected chi connectivity index (χ2v) is 9.73. The number of unbranched alkanes of at least 4 members (excludes halogenated alkanes) is 11. The Labute approximate surface area is 209 Å². The van der Waals surface area contributed by atoms with Crippen LogP contribution in [0.25, 0.3) is 0 Å². The molecule has 35 heavy (non-hydrogen) atoms. The zero-order valence-electron chi connectivity index (χ0n) is 21.0. The molecule has 194 valence electrons. The molecule has 3 rings (SSSR count). The van der Waals surface area contributed by atoms with Crippen molar-refractivity contribution in [1.82, 2.24) is 0 Å². The number of rotatable bonds is 15. The van der Waals surface area contributed by atoms with Crippen LogP contribution in [0.4, 0.5) is 0 Å². The maximum atomic E-state index is 10.3. The summed E-state index contributed by atoms with van der Waals surface area (Å²) in [7, 11) is 0. The number of benzene rings is 2. The van der Waals surface area contributed by atoms with Gasteiger partial charge in [-0.1, -0.05) is 83.6 Å². The monoisotopic (exact) mass is 486 g/mol. The molecule has 2 aromatic rings. The molecule has 0 spiro atoms. The first-order valence-corrected chi connectivity index (χ1v) is 13.3. The van der Waals surface area contributed by atoms with E-state index in [0.29, 0.717) is 29.9 Å². The summed E-state index contributed by atoms with van der Waals surface area (Å²) in [5.41, 5.74) is 1.26. The first-order chi connectivity index (χ1) is 17.0. The average molecular weight is 487 g/mol. The summed E-state index contributed by atoms with van der Waals surface area (Å²) < 4.78 is 12.3. The molecule has 2 aromatic carbocycles. The van der Waals surface area contributed by atoms with Crippen molar-refractivity contribution in [3.05, 3.63) is 41.5 Å². The average Bonchev–Trinajstić information content (AvgIpc) is 2.83. The molecule has 4 N–H and O–H groups in total. The van der Waals surface area contributed by atoms with Crippen LogP contribution in [0.2, 0.25) is 0 Å². The van der Waals surface area contributed by atoms with E-state index in [0.717, 1.165) is 12.8 Å². The second kappa shape index (κ2) is 14.1. The van der Waals surface area contributed by atoms with Crippen molar-refractivity contribution >= 4 is 0 Å². The highest BCUT2D eigenvalue weighted by Crippen LogP contribution is 2.43. The van der Waals surface area contributed by atoms with Crippen molar-refractivity contribution in [2.24, 2.45) is 0 Å². The largest absolute Gasteiger partial charge is 0.508 e. The number of aromatic hydroxyl groups is 4. The number of hydrogen-bond donors (Lipinski definition) is 4. The predicted molar refractivity (Wildman–Crippen MR) is 137 cm³/mol. The Kier molecular flexibility index (Phi) is 10.9. The van der Waals surface area contributed by atoms with E-state index in [4.69, 9.17) is 9.47 Å². The molecule has 0 radical (unpaired) electrons. The van der Waals surface area contributed by atoms with Gasteiger partial charge in [0.15, 0.2) is 17.6 Å². The van der Waals surface area contributed by atoms with E-state index >= 15 is 0 Å². The van der Waals surface area contributed by atoms with E-state index in [1.54, 1.807) is 6.07 Å². The van der Waals surface area contributed by atoms with E-state index in [-0.39, 0.29) is 29.1 Å². The van der Waals surface area contributed by atoms with Gasteiger partial charge in [0, 0.05) is 30.7 Å². The zero-order valence-corrected chi connectivity index (χ0v) is 21.0. The molecule has 0 bridgehead atoms. The van der Waals surface area contributed by atoms with Gasteiger partial charge in [0.2, 0.25) is 0 Å². The Morgan fingerprint density at radius 1 is 0.743 bits per heavy atom. The van der Waals surface area contributed by atoms with Crippen LogP contribution in [0.1, 0.15) is 101 Å². The molecule has 2 atom stereocenters. The third-order valence-corrected chi connectivity index (χ3v) is 6.82. The van der Waals surface area contributed by atoms with Crippen LogP contribution < -0.4 is 4.74 Å². The van der Waals surface area contributed by atoms with E-state index in [2.05, 4.69) is 6.92 Å². The molecule has 0 aliphatic carbocycles.